The van der Waals surface area contributed by atoms with E-state index in [9.17, 15) is 4.79 Å². The first kappa shape index (κ1) is 17.7. The molecule has 0 aliphatic heterocycles. The van der Waals surface area contributed by atoms with E-state index in [4.69, 9.17) is 11.5 Å². The molecule has 0 aromatic heterocycles. The number of carbonyl (C=O) groups excluding carboxylic acids is 1. The molecule has 5 heteroatoms. The van der Waals surface area contributed by atoms with Gasteiger partial charge in [0, 0.05) is 17.8 Å². The number of nitrogens with two attached hydrogens (primary N) is 2. The molecule has 3 atom stereocenters. The molecule has 0 aliphatic carbocycles. The topological polar surface area (TPSA) is 81.1 Å². The molecule has 0 aromatic carbocycles. The third-order valence-corrected chi connectivity index (χ3v) is 3.43. The third-order valence-electron chi connectivity index (χ3n) is 2.86. The highest BCUT2D eigenvalue weighted by atomic mass is 32.1. The van der Waals surface area contributed by atoms with Crippen molar-refractivity contribution in [3.8, 4) is 0 Å². The number of hydrogen-bond acceptors (Lipinski definition) is 4. The number of thiol groups is 1. The largest absolute Gasteiger partial charge is 0.368 e. The van der Waals surface area contributed by atoms with Crippen LogP contribution in [0.3, 0.4) is 0 Å². The Morgan fingerprint density at radius 3 is 2.06 bits per heavy atom. The zero-order valence-corrected chi connectivity index (χ0v) is 12.9. The molecule has 0 rings (SSSR count). The maximum atomic E-state index is 11.3. The van der Waals surface area contributed by atoms with Gasteiger partial charge in [-0.3, -0.25) is 4.79 Å². The minimum absolute atomic E-state index is 0.0356. The van der Waals surface area contributed by atoms with Crippen molar-refractivity contribution >= 4 is 18.5 Å². The molecule has 1 unspecified atom stereocenters. The normalized spacial score (nSPS) is 16.9. The Bertz CT molecular complexity index is 246. The summed E-state index contributed by atoms with van der Waals surface area (Å²) < 4.78 is 0. The zero-order chi connectivity index (χ0) is 14.3. The molecule has 0 saturated heterocycles. The van der Waals surface area contributed by atoms with E-state index in [0.29, 0.717) is 18.4 Å². The van der Waals surface area contributed by atoms with E-state index in [0.717, 1.165) is 12.8 Å². The zero-order valence-electron chi connectivity index (χ0n) is 12.0. The summed E-state index contributed by atoms with van der Waals surface area (Å²) in [5.41, 5.74) is 11.4. The highest BCUT2D eigenvalue weighted by Crippen LogP contribution is 2.11. The minimum atomic E-state index is -0.304. The predicted molar refractivity (Wildman–Crippen MR) is 80.6 cm³/mol. The van der Waals surface area contributed by atoms with Crippen molar-refractivity contribution in [2.24, 2.45) is 23.3 Å². The average molecular weight is 275 g/mol. The van der Waals surface area contributed by atoms with Crippen LogP contribution in [0.5, 0.6) is 0 Å². The summed E-state index contributed by atoms with van der Waals surface area (Å²) in [4.78, 5) is 11.3. The lowest BCUT2D eigenvalue weighted by molar-refractivity contribution is -0.120. The van der Waals surface area contributed by atoms with Crippen LogP contribution < -0.4 is 16.8 Å². The van der Waals surface area contributed by atoms with E-state index in [1.54, 1.807) is 0 Å². The van der Waals surface area contributed by atoms with Crippen LogP contribution in [0.25, 0.3) is 0 Å². The number of hydrogen-bond donors (Lipinski definition) is 4. The van der Waals surface area contributed by atoms with E-state index < -0.39 is 0 Å². The second kappa shape index (κ2) is 8.77. The Morgan fingerprint density at radius 2 is 1.67 bits per heavy atom. The van der Waals surface area contributed by atoms with Crippen molar-refractivity contribution in [3.63, 3.8) is 0 Å². The van der Waals surface area contributed by atoms with Gasteiger partial charge in [-0.25, -0.2) is 0 Å². The molecule has 1 amide bonds. The number of carbonyl (C=O) groups is 1. The summed E-state index contributed by atoms with van der Waals surface area (Å²) in [5, 5.41) is 3.22. The molecule has 0 aliphatic rings. The number of rotatable bonds is 9. The van der Waals surface area contributed by atoms with Gasteiger partial charge in [-0.1, -0.05) is 27.7 Å². The minimum Gasteiger partial charge on any atom is -0.368 e. The van der Waals surface area contributed by atoms with Crippen molar-refractivity contribution < 1.29 is 4.79 Å². The van der Waals surface area contributed by atoms with Crippen LogP contribution in [0.15, 0.2) is 0 Å². The Kier molecular flexibility index (Phi) is 8.65. The molecule has 4 nitrogen and oxygen atoms in total. The number of nitrogens with one attached hydrogen (secondary N) is 1. The molecule has 0 aromatic rings. The fourth-order valence-corrected chi connectivity index (χ4v) is 2.11. The molecule has 108 valence electrons. The molecule has 0 spiro atoms. The van der Waals surface area contributed by atoms with Crippen LogP contribution in [-0.4, -0.2) is 29.8 Å². The summed E-state index contributed by atoms with van der Waals surface area (Å²) in [6, 6.07) is -0.251. The van der Waals surface area contributed by atoms with Crippen LogP contribution >= 0.6 is 12.6 Å². The fraction of sp³-hybridized carbons (Fsp3) is 0.923. The molecule has 0 bridgehead atoms. The van der Waals surface area contributed by atoms with E-state index in [2.05, 4.69) is 45.6 Å². The SMILES string of the molecule is CC(C)C[C@H](NCC(S)[C@@H](N)CC(C)C)C(N)=O. The molecule has 0 radical (unpaired) electrons. The molecule has 18 heavy (non-hydrogen) atoms. The van der Waals surface area contributed by atoms with E-state index in [-0.39, 0.29) is 23.2 Å². The smallest absolute Gasteiger partial charge is 0.234 e. The fourth-order valence-electron chi connectivity index (χ4n) is 1.89. The maximum absolute atomic E-state index is 11.3. The maximum Gasteiger partial charge on any atom is 0.234 e. The van der Waals surface area contributed by atoms with Gasteiger partial charge in [0.05, 0.1) is 6.04 Å². The van der Waals surface area contributed by atoms with Gasteiger partial charge in [-0.15, -0.1) is 0 Å². The lowest BCUT2D eigenvalue weighted by Crippen LogP contribution is -2.47. The number of amides is 1. The summed E-state index contributed by atoms with van der Waals surface area (Å²) in [5.74, 6) is 0.677. The Labute approximate surface area is 117 Å². The van der Waals surface area contributed by atoms with Crippen LogP contribution in [0.1, 0.15) is 40.5 Å². The lowest BCUT2D eigenvalue weighted by atomic mass is 10.0. The van der Waals surface area contributed by atoms with Gasteiger partial charge in [0.2, 0.25) is 5.91 Å². The van der Waals surface area contributed by atoms with Gasteiger partial charge >= 0.3 is 0 Å². The monoisotopic (exact) mass is 275 g/mol. The quantitative estimate of drug-likeness (QED) is 0.476. The summed E-state index contributed by atoms with van der Waals surface area (Å²) in [6.07, 6.45) is 1.68. The van der Waals surface area contributed by atoms with Gasteiger partial charge in [0.25, 0.3) is 0 Å². The van der Waals surface area contributed by atoms with Crippen LogP contribution in [0, 0.1) is 11.8 Å². The molecule has 5 N–H and O–H groups in total. The second-order valence-corrected chi connectivity index (χ2v) is 6.52. The van der Waals surface area contributed by atoms with Gasteiger partial charge in [0.15, 0.2) is 0 Å². The molecule has 0 saturated carbocycles. The predicted octanol–water partition coefficient (Wildman–Crippen LogP) is 1.15. The van der Waals surface area contributed by atoms with E-state index >= 15 is 0 Å². The van der Waals surface area contributed by atoms with Crippen LogP contribution in [0.2, 0.25) is 0 Å². The lowest BCUT2D eigenvalue weighted by Gasteiger charge is -2.24. The highest BCUT2D eigenvalue weighted by molar-refractivity contribution is 7.81. The second-order valence-electron chi connectivity index (χ2n) is 5.85. The van der Waals surface area contributed by atoms with Crippen molar-refractivity contribution in [2.75, 3.05) is 6.54 Å². The van der Waals surface area contributed by atoms with Crippen LogP contribution in [0.4, 0.5) is 0 Å². The summed E-state index contributed by atoms with van der Waals surface area (Å²) >= 11 is 4.49. The standard InChI is InChI=1S/C13H29N3OS/c1-8(2)5-10(14)12(18)7-16-11(13(15)17)6-9(3)4/h8-12,16,18H,5-7,14H2,1-4H3,(H2,15,17)/t10-,11-,12?/m0/s1. The average Bonchev–Trinajstić information content (AvgIpc) is 2.21. The summed E-state index contributed by atoms with van der Waals surface area (Å²) in [7, 11) is 0. The van der Waals surface area contributed by atoms with Gasteiger partial charge in [-0.2, -0.15) is 12.6 Å². The van der Waals surface area contributed by atoms with E-state index in [1.165, 1.54) is 0 Å². The first-order valence-electron chi connectivity index (χ1n) is 6.70. The van der Waals surface area contributed by atoms with Crippen molar-refractivity contribution in [2.45, 2.75) is 57.9 Å². The first-order chi connectivity index (χ1) is 8.23. The highest BCUT2D eigenvalue weighted by Gasteiger charge is 2.20. The van der Waals surface area contributed by atoms with E-state index in [1.807, 2.05) is 0 Å². The Morgan fingerprint density at radius 1 is 1.17 bits per heavy atom. The van der Waals surface area contributed by atoms with Gasteiger partial charge < -0.3 is 16.8 Å². The molecule has 0 fully saturated rings. The Hall–Kier alpha value is -0.260. The number of primary amides is 1. The molecule has 0 heterocycles. The summed E-state index contributed by atoms with van der Waals surface area (Å²) in [6.45, 7) is 9.02. The Balaban J connectivity index is 4.13. The first-order valence-corrected chi connectivity index (χ1v) is 7.22. The molecular formula is C13H29N3OS. The molecular weight excluding hydrogens is 246 g/mol. The van der Waals surface area contributed by atoms with Crippen molar-refractivity contribution in [1.29, 1.82) is 0 Å². The van der Waals surface area contributed by atoms with Crippen LogP contribution in [-0.2, 0) is 4.79 Å². The van der Waals surface area contributed by atoms with Gasteiger partial charge in [0.1, 0.15) is 0 Å². The third kappa shape index (κ3) is 7.95. The van der Waals surface area contributed by atoms with Gasteiger partial charge in [-0.05, 0) is 24.7 Å². The van der Waals surface area contributed by atoms with Crippen molar-refractivity contribution in [3.05, 3.63) is 0 Å². The van der Waals surface area contributed by atoms with Crippen molar-refractivity contribution in [1.82, 2.24) is 5.32 Å².